The van der Waals surface area contributed by atoms with E-state index in [-0.39, 0.29) is 11.8 Å². The molecule has 0 saturated heterocycles. The lowest BCUT2D eigenvalue weighted by molar-refractivity contribution is -0.131. The van der Waals surface area contributed by atoms with Gasteiger partial charge >= 0.3 is 5.97 Å². The minimum Gasteiger partial charge on any atom is -0.478 e. The number of hydrogen-bond acceptors (Lipinski definition) is 3. The van der Waals surface area contributed by atoms with Gasteiger partial charge in [0.15, 0.2) is 0 Å². The number of carboxylic acid groups (broad SMARTS) is 1. The van der Waals surface area contributed by atoms with E-state index in [1.54, 1.807) is 4.90 Å². The molecule has 1 aromatic heterocycles. The highest BCUT2D eigenvalue weighted by Gasteiger charge is 2.27. The molecule has 1 N–H and O–H groups in total. The van der Waals surface area contributed by atoms with E-state index in [1.165, 1.54) is 6.08 Å². The molecule has 0 aliphatic heterocycles. The molecule has 1 aliphatic rings. The van der Waals surface area contributed by atoms with Gasteiger partial charge in [0.05, 0.1) is 18.3 Å². The fourth-order valence-electron chi connectivity index (χ4n) is 5.20. The van der Waals surface area contributed by atoms with Crippen molar-refractivity contribution in [3.05, 3.63) is 89.1 Å². The van der Waals surface area contributed by atoms with Crippen LogP contribution in [0.2, 0.25) is 5.02 Å². The maximum absolute atomic E-state index is 13.8. The first-order valence-electron chi connectivity index (χ1n) is 12.9. The van der Waals surface area contributed by atoms with Crippen molar-refractivity contribution in [3.63, 3.8) is 0 Å². The number of aliphatic carboxylic acids is 1. The third kappa shape index (κ3) is 5.65. The van der Waals surface area contributed by atoms with Crippen LogP contribution in [-0.2, 0) is 23.2 Å². The monoisotopic (exact) mass is 527 g/mol. The Morgan fingerprint density at radius 3 is 2.58 bits per heavy atom. The van der Waals surface area contributed by atoms with Crippen molar-refractivity contribution in [3.8, 4) is 11.1 Å². The second-order valence-electron chi connectivity index (χ2n) is 9.87. The van der Waals surface area contributed by atoms with Crippen LogP contribution in [0.25, 0.3) is 28.1 Å². The molecule has 1 saturated carbocycles. The van der Waals surface area contributed by atoms with Crippen molar-refractivity contribution in [2.24, 2.45) is 13.0 Å². The van der Waals surface area contributed by atoms with Gasteiger partial charge in [-0.3, -0.25) is 9.48 Å². The number of aromatic nitrogens is 2. The molecule has 0 radical (unpaired) electrons. The molecule has 194 valence electrons. The van der Waals surface area contributed by atoms with Gasteiger partial charge < -0.3 is 10.0 Å². The average Bonchev–Trinajstić information content (AvgIpc) is 3.31. The molecule has 0 atom stereocenters. The molecule has 5 rings (SSSR count). The molecule has 0 bridgehead atoms. The smallest absolute Gasteiger partial charge is 0.328 e. The maximum atomic E-state index is 13.8. The molecular formula is C31H30ClN3O3. The van der Waals surface area contributed by atoms with Crippen molar-refractivity contribution in [2.75, 3.05) is 4.90 Å². The van der Waals surface area contributed by atoms with Crippen LogP contribution >= 0.6 is 11.6 Å². The quantitative estimate of drug-likeness (QED) is 0.260. The highest BCUT2D eigenvalue weighted by atomic mass is 35.5. The third-order valence-electron chi connectivity index (χ3n) is 7.28. The van der Waals surface area contributed by atoms with Gasteiger partial charge in [-0.2, -0.15) is 5.10 Å². The fraction of sp³-hybridized carbons (Fsp3) is 0.258. The summed E-state index contributed by atoms with van der Waals surface area (Å²) >= 11 is 6.81. The lowest BCUT2D eigenvalue weighted by Gasteiger charge is -2.30. The Hall–Kier alpha value is -3.90. The number of carbonyl (C=O) groups excluding carboxylic acids is 1. The predicted octanol–water partition coefficient (Wildman–Crippen LogP) is 7.11. The van der Waals surface area contributed by atoms with Gasteiger partial charge in [-0.1, -0.05) is 61.2 Å². The van der Waals surface area contributed by atoms with Crippen molar-refractivity contribution >= 4 is 46.1 Å². The van der Waals surface area contributed by atoms with Crippen LogP contribution in [0.15, 0.2) is 72.9 Å². The minimum atomic E-state index is -1.01. The number of carboxylic acids is 1. The summed E-state index contributed by atoms with van der Waals surface area (Å²) in [6, 6.07) is 19.6. The Morgan fingerprint density at radius 1 is 1.05 bits per heavy atom. The number of aryl methyl sites for hydroxylation is 1. The highest BCUT2D eigenvalue weighted by Crippen LogP contribution is 2.32. The van der Waals surface area contributed by atoms with E-state index < -0.39 is 5.97 Å². The van der Waals surface area contributed by atoms with E-state index in [2.05, 4.69) is 23.3 Å². The number of carbonyl (C=O) groups is 2. The summed E-state index contributed by atoms with van der Waals surface area (Å²) < 4.78 is 1.85. The number of benzene rings is 3. The van der Waals surface area contributed by atoms with Crippen LogP contribution in [0.4, 0.5) is 5.69 Å². The summed E-state index contributed by atoms with van der Waals surface area (Å²) in [5.41, 5.74) is 5.42. The van der Waals surface area contributed by atoms with Gasteiger partial charge in [0.2, 0.25) is 5.91 Å². The second-order valence-corrected chi connectivity index (χ2v) is 10.3. The second kappa shape index (κ2) is 11.2. The van der Waals surface area contributed by atoms with Gasteiger partial charge in [-0.25, -0.2) is 4.79 Å². The Bertz CT molecular complexity index is 1520. The van der Waals surface area contributed by atoms with Crippen molar-refractivity contribution in [1.29, 1.82) is 0 Å². The molecule has 1 heterocycles. The van der Waals surface area contributed by atoms with Gasteiger partial charge in [0.1, 0.15) is 0 Å². The molecule has 0 unspecified atom stereocenters. The number of halogens is 1. The van der Waals surface area contributed by atoms with Crippen LogP contribution < -0.4 is 4.90 Å². The molecule has 1 amide bonds. The summed E-state index contributed by atoms with van der Waals surface area (Å²) in [6.07, 6.45) is 9.54. The number of nitrogens with zero attached hydrogens (tertiary/aromatic N) is 3. The molecule has 7 heteroatoms. The Balaban J connectivity index is 1.46. The third-order valence-corrected chi connectivity index (χ3v) is 7.63. The summed E-state index contributed by atoms with van der Waals surface area (Å²) in [6.45, 7) is 0.336. The highest BCUT2D eigenvalue weighted by molar-refractivity contribution is 6.31. The molecule has 6 nitrogen and oxygen atoms in total. The van der Waals surface area contributed by atoms with E-state index >= 15 is 0 Å². The number of rotatable bonds is 7. The van der Waals surface area contributed by atoms with Crippen molar-refractivity contribution < 1.29 is 14.7 Å². The molecular weight excluding hydrogens is 498 g/mol. The Kier molecular flexibility index (Phi) is 7.61. The normalized spacial score (nSPS) is 14.3. The lowest BCUT2D eigenvalue weighted by atomic mass is 9.88. The summed E-state index contributed by atoms with van der Waals surface area (Å²) in [5.74, 6) is -0.947. The van der Waals surface area contributed by atoms with E-state index in [9.17, 15) is 9.59 Å². The van der Waals surface area contributed by atoms with E-state index in [0.717, 1.165) is 77.0 Å². The van der Waals surface area contributed by atoms with Crippen LogP contribution in [0.5, 0.6) is 0 Å². The minimum absolute atomic E-state index is 0.0220. The number of hydrogen-bond donors (Lipinski definition) is 1. The first-order chi connectivity index (χ1) is 18.4. The van der Waals surface area contributed by atoms with Gasteiger partial charge in [-0.05, 0) is 71.5 Å². The number of anilines is 1. The summed E-state index contributed by atoms with van der Waals surface area (Å²) in [4.78, 5) is 26.6. The molecule has 3 aromatic carbocycles. The number of amides is 1. The topological polar surface area (TPSA) is 75.4 Å². The zero-order valence-corrected chi connectivity index (χ0v) is 22.1. The molecule has 38 heavy (non-hydrogen) atoms. The van der Waals surface area contributed by atoms with Gasteiger partial charge in [-0.15, -0.1) is 0 Å². The van der Waals surface area contributed by atoms with E-state index in [4.69, 9.17) is 16.7 Å². The molecule has 4 aromatic rings. The largest absolute Gasteiger partial charge is 0.478 e. The fourth-order valence-corrected chi connectivity index (χ4v) is 5.44. The first-order valence-corrected chi connectivity index (χ1v) is 13.3. The van der Waals surface area contributed by atoms with E-state index in [0.29, 0.717) is 11.6 Å². The van der Waals surface area contributed by atoms with Crippen LogP contribution in [-0.4, -0.2) is 26.8 Å². The Morgan fingerprint density at radius 2 is 1.82 bits per heavy atom. The summed E-state index contributed by atoms with van der Waals surface area (Å²) in [7, 11) is 1.92. The standard InChI is InChI=1S/C31H30ClN3O3/c1-34-29-14-13-23(17-26(29)19-33-34)24-11-12-25(28(32)18-24)20-35(31(38)22-7-3-2-4-8-22)27-9-5-6-21(16-27)10-15-30(36)37/h5-6,9-19,22H,2-4,7-8,20H2,1H3,(H,36,37). The van der Waals surface area contributed by atoms with Crippen LogP contribution in [0.1, 0.15) is 43.2 Å². The molecule has 0 spiro atoms. The summed E-state index contributed by atoms with van der Waals surface area (Å²) in [5, 5.41) is 15.0. The average molecular weight is 528 g/mol. The lowest BCUT2D eigenvalue weighted by Crippen LogP contribution is -2.36. The van der Waals surface area contributed by atoms with Crippen molar-refractivity contribution in [1.82, 2.24) is 9.78 Å². The molecule has 1 aliphatic carbocycles. The van der Waals surface area contributed by atoms with Crippen LogP contribution in [0, 0.1) is 5.92 Å². The van der Waals surface area contributed by atoms with Gasteiger partial charge in [0, 0.05) is 35.1 Å². The Labute approximate surface area is 227 Å². The van der Waals surface area contributed by atoms with E-state index in [1.807, 2.05) is 60.4 Å². The zero-order valence-electron chi connectivity index (χ0n) is 21.3. The molecule has 1 fully saturated rings. The van der Waals surface area contributed by atoms with Crippen LogP contribution in [0.3, 0.4) is 0 Å². The zero-order chi connectivity index (χ0) is 26.6. The SMILES string of the molecule is Cn1ncc2cc(-c3ccc(CN(C(=O)C4CCCCC4)c4cccc(C=CC(=O)O)c4)c(Cl)c3)ccc21. The van der Waals surface area contributed by atoms with Crippen molar-refractivity contribution in [2.45, 2.75) is 38.6 Å². The maximum Gasteiger partial charge on any atom is 0.328 e. The predicted molar refractivity (Wildman–Crippen MR) is 152 cm³/mol. The first kappa shape index (κ1) is 25.7. The van der Waals surface area contributed by atoms with Gasteiger partial charge in [0.25, 0.3) is 0 Å². The number of fused-ring (bicyclic) bond motifs is 1.